The van der Waals surface area contributed by atoms with Crippen molar-refractivity contribution in [2.24, 2.45) is 5.73 Å². The fraction of sp³-hybridized carbons (Fsp3) is 0.312. The number of rotatable bonds is 3. The molecule has 1 aromatic heterocycles. The van der Waals surface area contributed by atoms with E-state index >= 15 is 0 Å². The van der Waals surface area contributed by atoms with E-state index < -0.39 is 17.5 Å². The molecule has 2 heterocycles. The molecule has 3 N–H and O–H groups in total. The summed E-state index contributed by atoms with van der Waals surface area (Å²) in [5, 5.41) is 3.56. The summed E-state index contributed by atoms with van der Waals surface area (Å²) in [5.41, 5.74) is 7.07. The van der Waals surface area contributed by atoms with Crippen molar-refractivity contribution < 1.29 is 13.5 Å². The van der Waals surface area contributed by atoms with Crippen molar-refractivity contribution >= 4 is 11.6 Å². The molecule has 4 nitrogen and oxygen atoms in total. The van der Waals surface area contributed by atoms with E-state index in [1.807, 2.05) is 0 Å². The highest BCUT2D eigenvalue weighted by Crippen LogP contribution is 2.31. The summed E-state index contributed by atoms with van der Waals surface area (Å²) < 4.78 is 33.0. The summed E-state index contributed by atoms with van der Waals surface area (Å²) in [6.45, 7) is 2.04. The number of hydrogen-bond donors (Lipinski definition) is 2. The Morgan fingerprint density at radius 1 is 1.43 bits per heavy atom. The van der Waals surface area contributed by atoms with Crippen LogP contribution in [-0.2, 0) is 10.6 Å². The SMILES string of the molecule is CC(c1cccc(F)c1F)C1COC(N)(c2cncc(Cl)c2)N1. The van der Waals surface area contributed by atoms with Crippen LogP contribution in [0.2, 0.25) is 5.02 Å². The average Bonchev–Trinajstić information content (AvgIpc) is 2.93. The van der Waals surface area contributed by atoms with Crippen molar-refractivity contribution in [3.8, 4) is 0 Å². The van der Waals surface area contributed by atoms with E-state index in [1.165, 1.54) is 12.3 Å². The molecule has 0 amide bonds. The number of benzene rings is 1. The summed E-state index contributed by atoms with van der Waals surface area (Å²) in [6.07, 6.45) is 3.04. The van der Waals surface area contributed by atoms with E-state index in [0.29, 0.717) is 10.6 Å². The Bertz CT molecular complexity index is 730. The zero-order valence-electron chi connectivity index (χ0n) is 12.4. The summed E-state index contributed by atoms with van der Waals surface area (Å²) >= 11 is 5.93. The molecule has 1 fully saturated rings. The van der Waals surface area contributed by atoms with Crippen LogP contribution in [0.4, 0.5) is 8.78 Å². The van der Waals surface area contributed by atoms with Gasteiger partial charge in [0.25, 0.3) is 0 Å². The number of ether oxygens (including phenoxy) is 1. The van der Waals surface area contributed by atoms with Crippen LogP contribution in [0, 0.1) is 11.6 Å². The first-order chi connectivity index (χ1) is 10.9. The highest BCUT2D eigenvalue weighted by molar-refractivity contribution is 6.30. The lowest BCUT2D eigenvalue weighted by molar-refractivity contribution is -0.00936. The predicted octanol–water partition coefficient (Wildman–Crippen LogP) is 2.87. The minimum absolute atomic E-state index is 0.250. The van der Waals surface area contributed by atoms with E-state index in [0.717, 1.165) is 6.07 Å². The smallest absolute Gasteiger partial charge is 0.201 e. The highest BCUT2D eigenvalue weighted by atomic mass is 35.5. The zero-order chi connectivity index (χ0) is 16.6. The van der Waals surface area contributed by atoms with E-state index in [1.54, 1.807) is 25.3 Å². The summed E-state index contributed by atoms with van der Waals surface area (Å²) in [4.78, 5) is 3.99. The van der Waals surface area contributed by atoms with E-state index in [-0.39, 0.29) is 24.1 Å². The Morgan fingerprint density at radius 2 is 2.22 bits per heavy atom. The molecular formula is C16H16ClF2N3O. The third kappa shape index (κ3) is 3.07. The molecule has 1 saturated heterocycles. The second-order valence-electron chi connectivity index (χ2n) is 5.62. The van der Waals surface area contributed by atoms with Crippen LogP contribution in [-0.4, -0.2) is 17.6 Å². The number of pyridine rings is 1. The van der Waals surface area contributed by atoms with Gasteiger partial charge in [-0.25, -0.2) is 8.78 Å². The fourth-order valence-electron chi connectivity index (χ4n) is 2.72. The quantitative estimate of drug-likeness (QED) is 0.902. The molecule has 122 valence electrons. The summed E-state index contributed by atoms with van der Waals surface area (Å²) in [7, 11) is 0. The predicted molar refractivity (Wildman–Crippen MR) is 82.8 cm³/mol. The second kappa shape index (κ2) is 6.13. The third-order valence-corrected chi connectivity index (χ3v) is 4.31. The molecule has 0 aliphatic carbocycles. The molecule has 1 aliphatic rings. The zero-order valence-corrected chi connectivity index (χ0v) is 13.1. The second-order valence-corrected chi connectivity index (χ2v) is 6.06. The van der Waals surface area contributed by atoms with Crippen LogP contribution in [0.15, 0.2) is 36.7 Å². The van der Waals surface area contributed by atoms with Crippen LogP contribution in [0.1, 0.15) is 24.0 Å². The van der Waals surface area contributed by atoms with E-state index in [2.05, 4.69) is 10.3 Å². The number of nitrogens with one attached hydrogen (secondary N) is 1. The molecule has 1 aliphatic heterocycles. The van der Waals surface area contributed by atoms with Gasteiger partial charge in [-0.2, -0.15) is 0 Å². The minimum Gasteiger partial charge on any atom is -0.342 e. The van der Waals surface area contributed by atoms with E-state index in [4.69, 9.17) is 22.1 Å². The van der Waals surface area contributed by atoms with Gasteiger partial charge in [0.15, 0.2) is 11.6 Å². The molecule has 0 spiro atoms. The molecule has 0 saturated carbocycles. The van der Waals surface area contributed by atoms with E-state index in [9.17, 15) is 8.78 Å². The Morgan fingerprint density at radius 3 is 2.96 bits per heavy atom. The fourth-order valence-corrected chi connectivity index (χ4v) is 2.89. The lowest BCUT2D eigenvalue weighted by Gasteiger charge is -2.26. The Hall–Kier alpha value is -1.60. The first-order valence-corrected chi connectivity index (χ1v) is 7.54. The average molecular weight is 340 g/mol. The van der Waals surface area contributed by atoms with Gasteiger partial charge in [0, 0.05) is 29.9 Å². The first kappa shape index (κ1) is 16.3. The van der Waals surface area contributed by atoms with Crippen LogP contribution >= 0.6 is 11.6 Å². The maximum atomic E-state index is 14.0. The molecule has 23 heavy (non-hydrogen) atoms. The monoisotopic (exact) mass is 339 g/mol. The number of nitrogens with two attached hydrogens (primary N) is 1. The largest absolute Gasteiger partial charge is 0.342 e. The third-order valence-electron chi connectivity index (χ3n) is 4.10. The van der Waals surface area contributed by atoms with Gasteiger partial charge in [-0.15, -0.1) is 0 Å². The van der Waals surface area contributed by atoms with Gasteiger partial charge in [-0.1, -0.05) is 30.7 Å². The molecule has 3 unspecified atom stereocenters. The van der Waals surface area contributed by atoms with Gasteiger partial charge in [0.2, 0.25) is 5.85 Å². The van der Waals surface area contributed by atoms with Gasteiger partial charge in [0.05, 0.1) is 11.6 Å². The van der Waals surface area contributed by atoms with Crippen molar-refractivity contribution in [3.05, 3.63) is 64.4 Å². The van der Waals surface area contributed by atoms with Gasteiger partial charge in [-0.05, 0) is 17.7 Å². The first-order valence-electron chi connectivity index (χ1n) is 7.16. The highest BCUT2D eigenvalue weighted by Gasteiger charge is 2.41. The molecule has 1 aromatic carbocycles. The van der Waals surface area contributed by atoms with Crippen LogP contribution < -0.4 is 11.1 Å². The lowest BCUT2D eigenvalue weighted by Crippen LogP contribution is -2.50. The van der Waals surface area contributed by atoms with Gasteiger partial charge >= 0.3 is 0 Å². The normalized spacial score (nSPS) is 25.5. The molecular weight excluding hydrogens is 324 g/mol. The number of aromatic nitrogens is 1. The Kier molecular flexibility index (Phi) is 4.33. The number of nitrogens with zero attached hydrogens (tertiary/aromatic N) is 1. The van der Waals surface area contributed by atoms with Crippen molar-refractivity contribution in [3.63, 3.8) is 0 Å². The van der Waals surface area contributed by atoms with Crippen LogP contribution in [0.25, 0.3) is 0 Å². The van der Waals surface area contributed by atoms with Gasteiger partial charge in [0.1, 0.15) is 0 Å². The Balaban J connectivity index is 1.83. The summed E-state index contributed by atoms with van der Waals surface area (Å²) in [6, 6.07) is 5.50. The lowest BCUT2D eigenvalue weighted by atomic mass is 9.93. The van der Waals surface area contributed by atoms with Crippen molar-refractivity contribution in [1.29, 1.82) is 0 Å². The summed E-state index contributed by atoms with van der Waals surface area (Å²) in [5.74, 6) is -3.31. The van der Waals surface area contributed by atoms with Crippen molar-refractivity contribution in [2.75, 3.05) is 6.61 Å². The minimum atomic E-state index is -1.26. The Labute approximate surface area is 137 Å². The van der Waals surface area contributed by atoms with Crippen LogP contribution in [0.5, 0.6) is 0 Å². The maximum absolute atomic E-state index is 14.0. The molecule has 3 atom stereocenters. The van der Waals surface area contributed by atoms with Gasteiger partial charge < -0.3 is 4.74 Å². The number of halogens is 3. The topological polar surface area (TPSA) is 60.2 Å². The molecule has 3 rings (SSSR count). The maximum Gasteiger partial charge on any atom is 0.201 e. The standard InChI is InChI=1S/C16H16ClF2N3O/c1-9(12-3-2-4-13(18)15(12)19)14-8-23-16(20,22-14)10-5-11(17)7-21-6-10/h2-7,9,14,22H,8,20H2,1H3. The molecule has 2 aromatic rings. The van der Waals surface area contributed by atoms with Crippen molar-refractivity contribution in [2.45, 2.75) is 24.7 Å². The van der Waals surface area contributed by atoms with Crippen LogP contribution in [0.3, 0.4) is 0 Å². The molecule has 0 radical (unpaired) electrons. The molecule has 0 bridgehead atoms. The van der Waals surface area contributed by atoms with Crippen molar-refractivity contribution in [1.82, 2.24) is 10.3 Å². The van der Waals surface area contributed by atoms with Gasteiger partial charge in [-0.3, -0.25) is 16.0 Å². The molecule has 7 heteroatoms. The number of hydrogen-bond acceptors (Lipinski definition) is 4.